The van der Waals surface area contributed by atoms with Gasteiger partial charge in [-0.3, -0.25) is 0 Å². The number of hydrogen-bond donors (Lipinski definition) is 0. The zero-order chi connectivity index (χ0) is 13.1. The van der Waals surface area contributed by atoms with Crippen molar-refractivity contribution >= 4 is 39.0 Å². The molecule has 0 bridgehead atoms. The van der Waals surface area contributed by atoms with Crippen molar-refractivity contribution < 1.29 is 4.74 Å². The van der Waals surface area contributed by atoms with E-state index in [0.717, 1.165) is 40.8 Å². The molecule has 1 saturated heterocycles. The molecule has 0 spiro atoms. The molecule has 3 rings (SSSR count). The molecule has 8 heteroatoms. The molecule has 102 valence electrons. The minimum Gasteiger partial charge on any atom is -0.381 e. The second kappa shape index (κ2) is 6.34. The van der Waals surface area contributed by atoms with E-state index >= 15 is 0 Å². The van der Waals surface area contributed by atoms with Gasteiger partial charge >= 0.3 is 0 Å². The maximum absolute atomic E-state index is 5.38. The second-order valence-electron chi connectivity index (χ2n) is 4.24. The Morgan fingerprint density at radius 3 is 3.00 bits per heavy atom. The van der Waals surface area contributed by atoms with Crippen LogP contribution in [0.3, 0.4) is 0 Å². The minimum absolute atomic E-state index is 0.376. The molecule has 2 aromatic heterocycles. The third-order valence-electron chi connectivity index (χ3n) is 2.97. The first kappa shape index (κ1) is 13.5. The lowest BCUT2D eigenvalue weighted by Crippen LogP contribution is -2.21. The maximum atomic E-state index is 5.38. The molecular formula is C11H13BrN4OS2. The summed E-state index contributed by atoms with van der Waals surface area (Å²) in [6.07, 6.45) is 1.98. The van der Waals surface area contributed by atoms with Crippen LogP contribution >= 0.6 is 39.0 Å². The van der Waals surface area contributed by atoms with Crippen LogP contribution in [0, 0.1) is 0 Å². The van der Waals surface area contributed by atoms with Gasteiger partial charge in [0.15, 0.2) is 0 Å². The average Bonchev–Trinajstić information content (AvgIpc) is 3.06. The van der Waals surface area contributed by atoms with Crippen LogP contribution in [0.25, 0.3) is 0 Å². The topological polar surface area (TPSA) is 52.8 Å². The number of hydrogen-bond acceptors (Lipinski definition) is 6. The number of ether oxygens (including phenoxy) is 1. The van der Waals surface area contributed by atoms with Crippen LogP contribution in [0.1, 0.15) is 23.8 Å². The van der Waals surface area contributed by atoms with E-state index in [1.54, 1.807) is 23.1 Å². The molecule has 0 aliphatic carbocycles. The van der Waals surface area contributed by atoms with Crippen molar-refractivity contribution in [3.8, 4) is 0 Å². The van der Waals surface area contributed by atoms with E-state index in [1.807, 2.05) is 4.68 Å². The summed E-state index contributed by atoms with van der Waals surface area (Å²) in [5.74, 6) is 0.903. The van der Waals surface area contributed by atoms with Gasteiger partial charge < -0.3 is 4.74 Å². The number of tetrazole rings is 1. The van der Waals surface area contributed by atoms with Gasteiger partial charge in [-0.15, -0.1) is 16.4 Å². The molecule has 0 saturated carbocycles. The van der Waals surface area contributed by atoms with Gasteiger partial charge in [-0.1, -0.05) is 11.8 Å². The third kappa shape index (κ3) is 3.36. The summed E-state index contributed by atoms with van der Waals surface area (Å²) in [5.41, 5.74) is 0. The van der Waals surface area contributed by atoms with Gasteiger partial charge in [-0.05, 0) is 51.3 Å². The maximum Gasteiger partial charge on any atom is 0.209 e. The number of halogens is 1. The van der Waals surface area contributed by atoms with Crippen LogP contribution < -0.4 is 0 Å². The van der Waals surface area contributed by atoms with Crippen LogP contribution in [0.4, 0.5) is 0 Å². The van der Waals surface area contributed by atoms with E-state index in [9.17, 15) is 0 Å². The molecule has 1 aliphatic heterocycles. The fourth-order valence-electron chi connectivity index (χ4n) is 2.00. The standard InChI is InChI=1S/C11H13BrN4OS2/c12-10-2-1-9(19-10)7-18-11-13-14-15-16(11)8-3-5-17-6-4-8/h1-2,8H,3-7H2. The summed E-state index contributed by atoms with van der Waals surface area (Å²) in [7, 11) is 0. The molecule has 0 amide bonds. The SMILES string of the molecule is Brc1ccc(CSc2nnnn2C2CCOCC2)s1. The van der Waals surface area contributed by atoms with Crippen LogP contribution in [0.15, 0.2) is 21.1 Å². The van der Waals surface area contributed by atoms with Crippen LogP contribution in [0.5, 0.6) is 0 Å². The number of nitrogens with zero attached hydrogens (tertiary/aromatic N) is 4. The quantitative estimate of drug-likeness (QED) is 0.783. The summed E-state index contributed by atoms with van der Waals surface area (Å²) >= 11 is 6.92. The molecule has 1 fully saturated rings. The Morgan fingerprint density at radius 1 is 1.42 bits per heavy atom. The average molecular weight is 361 g/mol. The Labute approximate surface area is 127 Å². The highest BCUT2D eigenvalue weighted by molar-refractivity contribution is 9.11. The summed E-state index contributed by atoms with van der Waals surface area (Å²) < 4.78 is 8.49. The first-order valence-electron chi connectivity index (χ1n) is 6.05. The molecule has 3 heterocycles. The summed E-state index contributed by atoms with van der Waals surface area (Å²) in [5, 5.41) is 13.0. The predicted octanol–water partition coefficient (Wildman–Crippen LogP) is 3.14. The van der Waals surface area contributed by atoms with Crippen molar-refractivity contribution in [2.24, 2.45) is 0 Å². The highest BCUT2D eigenvalue weighted by Gasteiger charge is 2.20. The highest BCUT2D eigenvalue weighted by Crippen LogP contribution is 2.30. The lowest BCUT2D eigenvalue weighted by atomic mass is 10.1. The molecule has 19 heavy (non-hydrogen) atoms. The zero-order valence-corrected chi connectivity index (χ0v) is 13.4. The lowest BCUT2D eigenvalue weighted by Gasteiger charge is -2.22. The third-order valence-corrected chi connectivity index (χ3v) is 5.76. The van der Waals surface area contributed by atoms with Gasteiger partial charge in [-0.25, -0.2) is 4.68 Å². The number of thioether (sulfide) groups is 1. The largest absolute Gasteiger partial charge is 0.381 e. The highest BCUT2D eigenvalue weighted by atomic mass is 79.9. The van der Waals surface area contributed by atoms with Crippen LogP contribution in [0.2, 0.25) is 0 Å². The second-order valence-corrected chi connectivity index (χ2v) is 7.73. The van der Waals surface area contributed by atoms with Crippen molar-refractivity contribution in [1.82, 2.24) is 20.2 Å². The fraction of sp³-hybridized carbons (Fsp3) is 0.545. The predicted molar refractivity (Wildman–Crippen MR) is 78.5 cm³/mol. The molecule has 0 aromatic carbocycles. The number of thiophene rings is 1. The van der Waals surface area contributed by atoms with Gasteiger partial charge in [0.05, 0.1) is 9.83 Å². The van der Waals surface area contributed by atoms with E-state index in [1.165, 1.54) is 4.88 Å². The van der Waals surface area contributed by atoms with Gasteiger partial charge in [0.2, 0.25) is 5.16 Å². The van der Waals surface area contributed by atoms with E-state index in [0.29, 0.717) is 6.04 Å². The van der Waals surface area contributed by atoms with Crippen LogP contribution in [-0.4, -0.2) is 33.4 Å². The first-order chi connectivity index (χ1) is 9.33. The Hall–Kier alpha value is -0.440. The van der Waals surface area contributed by atoms with Crippen molar-refractivity contribution in [2.45, 2.75) is 29.8 Å². The molecule has 0 N–H and O–H groups in total. The Kier molecular flexibility index (Phi) is 4.52. The van der Waals surface area contributed by atoms with E-state index in [4.69, 9.17) is 4.74 Å². The minimum atomic E-state index is 0.376. The van der Waals surface area contributed by atoms with Gasteiger partial charge in [0.25, 0.3) is 0 Å². The van der Waals surface area contributed by atoms with Crippen molar-refractivity contribution in [1.29, 1.82) is 0 Å². The Balaban J connectivity index is 1.66. The molecule has 0 atom stereocenters. The van der Waals surface area contributed by atoms with E-state index in [2.05, 4.69) is 43.6 Å². The van der Waals surface area contributed by atoms with Crippen molar-refractivity contribution in [2.75, 3.05) is 13.2 Å². The summed E-state index contributed by atoms with van der Waals surface area (Å²) in [6.45, 7) is 1.60. The summed E-state index contributed by atoms with van der Waals surface area (Å²) in [4.78, 5) is 1.32. The van der Waals surface area contributed by atoms with E-state index < -0.39 is 0 Å². The fourth-order valence-corrected chi connectivity index (χ4v) is 4.48. The molecular weight excluding hydrogens is 348 g/mol. The molecule has 1 aliphatic rings. The molecule has 0 radical (unpaired) electrons. The monoisotopic (exact) mass is 360 g/mol. The van der Waals surface area contributed by atoms with Gasteiger partial charge in [-0.2, -0.15) is 0 Å². The van der Waals surface area contributed by atoms with Gasteiger partial charge in [0.1, 0.15) is 0 Å². The molecule has 0 unspecified atom stereocenters. The summed E-state index contributed by atoms with van der Waals surface area (Å²) in [6, 6.07) is 4.58. The molecule has 2 aromatic rings. The number of rotatable bonds is 4. The number of aromatic nitrogens is 4. The van der Waals surface area contributed by atoms with Crippen molar-refractivity contribution in [3.05, 3.63) is 20.8 Å². The smallest absolute Gasteiger partial charge is 0.209 e. The molecule has 5 nitrogen and oxygen atoms in total. The van der Waals surface area contributed by atoms with Crippen LogP contribution in [-0.2, 0) is 10.5 Å². The zero-order valence-electron chi connectivity index (χ0n) is 10.2. The lowest BCUT2D eigenvalue weighted by molar-refractivity contribution is 0.0631. The Morgan fingerprint density at radius 2 is 2.26 bits per heavy atom. The normalized spacial score (nSPS) is 16.9. The van der Waals surface area contributed by atoms with Gasteiger partial charge in [0, 0.05) is 23.8 Å². The van der Waals surface area contributed by atoms with E-state index in [-0.39, 0.29) is 0 Å². The Bertz CT molecular complexity index is 538. The first-order valence-corrected chi connectivity index (χ1v) is 8.65. The van der Waals surface area contributed by atoms with Crippen molar-refractivity contribution in [3.63, 3.8) is 0 Å².